The van der Waals surface area contributed by atoms with Gasteiger partial charge in [0.05, 0.1) is 11.7 Å². The molecule has 4 aromatic rings. The molecular weight excluding hydrogens is 354 g/mol. The summed E-state index contributed by atoms with van der Waals surface area (Å²) in [5.41, 5.74) is 2.74. The normalized spacial score (nSPS) is 12.4. The van der Waals surface area contributed by atoms with E-state index >= 15 is 0 Å². The number of fused-ring (bicyclic) bond motifs is 1. The molecule has 0 fully saturated rings. The Kier molecular flexibility index (Phi) is 4.84. The molecule has 0 aliphatic rings. The van der Waals surface area contributed by atoms with Gasteiger partial charge in [-0.15, -0.1) is 10.2 Å². The van der Waals surface area contributed by atoms with Crippen LogP contribution in [0.2, 0.25) is 0 Å². The molecule has 142 valence electrons. The lowest BCUT2D eigenvalue weighted by Crippen LogP contribution is -2.31. The van der Waals surface area contributed by atoms with Crippen LogP contribution < -0.4 is 5.32 Å². The van der Waals surface area contributed by atoms with Gasteiger partial charge >= 0.3 is 0 Å². The first-order chi connectivity index (χ1) is 13.6. The SMILES string of the molecule is CC(C)CC(NC(=O)c1cc(-c2ccncc2)n[nH]1)c1nnc2ccccn12. The third-order valence-electron chi connectivity index (χ3n) is 4.46. The number of carbonyl (C=O) groups is 1. The molecule has 0 bridgehead atoms. The van der Waals surface area contributed by atoms with Crippen molar-refractivity contribution in [1.29, 1.82) is 0 Å². The molecule has 1 unspecified atom stereocenters. The van der Waals surface area contributed by atoms with Crippen molar-refractivity contribution >= 4 is 11.6 Å². The Balaban J connectivity index is 1.59. The highest BCUT2D eigenvalue weighted by Gasteiger charge is 2.23. The van der Waals surface area contributed by atoms with E-state index in [1.54, 1.807) is 18.5 Å². The number of aromatic amines is 1. The van der Waals surface area contributed by atoms with E-state index in [4.69, 9.17) is 0 Å². The van der Waals surface area contributed by atoms with Crippen LogP contribution in [0.5, 0.6) is 0 Å². The average molecular weight is 375 g/mol. The summed E-state index contributed by atoms with van der Waals surface area (Å²) in [6.45, 7) is 4.22. The van der Waals surface area contributed by atoms with E-state index in [0.717, 1.165) is 17.6 Å². The molecule has 4 aromatic heterocycles. The molecule has 2 N–H and O–H groups in total. The third kappa shape index (κ3) is 3.62. The van der Waals surface area contributed by atoms with Gasteiger partial charge in [-0.3, -0.25) is 19.3 Å². The monoisotopic (exact) mass is 375 g/mol. The summed E-state index contributed by atoms with van der Waals surface area (Å²) < 4.78 is 1.91. The number of nitrogens with zero attached hydrogens (tertiary/aromatic N) is 5. The molecule has 28 heavy (non-hydrogen) atoms. The van der Waals surface area contributed by atoms with E-state index < -0.39 is 0 Å². The van der Waals surface area contributed by atoms with Gasteiger partial charge in [-0.05, 0) is 42.7 Å². The summed E-state index contributed by atoms with van der Waals surface area (Å²) in [6, 6.07) is 10.9. The lowest BCUT2D eigenvalue weighted by molar-refractivity contribution is 0.0924. The van der Waals surface area contributed by atoms with Gasteiger partial charge in [-0.2, -0.15) is 5.10 Å². The van der Waals surface area contributed by atoms with Crippen LogP contribution in [0.4, 0.5) is 0 Å². The second-order valence-corrected chi connectivity index (χ2v) is 7.05. The quantitative estimate of drug-likeness (QED) is 0.539. The van der Waals surface area contributed by atoms with Gasteiger partial charge in [-0.25, -0.2) is 0 Å². The van der Waals surface area contributed by atoms with Gasteiger partial charge in [0, 0.05) is 24.2 Å². The van der Waals surface area contributed by atoms with Crippen molar-refractivity contribution in [3.63, 3.8) is 0 Å². The molecule has 0 aromatic carbocycles. The van der Waals surface area contributed by atoms with Gasteiger partial charge in [0.15, 0.2) is 11.5 Å². The van der Waals surface area contributed by atoms with Crippen LogP contribution in [0.25, 0.3) is 16.9 Å². The summed E-state index contributed by atoms with van der Waals surface area (Å²) in [5.74, 6) is 0.855. The van der Waals surface area contributed by atoms with Crippen LogP contribution in [-0.4, -0.2) is 35.7 Å². The zero-order chi connectivity index (χ0) is 19.5. The molecule has 0 spiro atoms. The standard InChI is InChI=1S/C20H21N7O/c1-13(2)11-16(19-26-25-18-5-3-4-10-27(18)19)22-20(28)17-12-15(23-24-17)14-6-8-21-9-7-14/h3-10,12-13,16H,11H2,1-2H3,(H,22,28)(H,23,24). The molecule has 8 heteroatoms. The van der Waals surface area contributed by atoms with Crippen molar-refractivity contribution in [1.82, 2.24) is 35.1 Å². The Bertz CT molecular complexity index is 1080. The van der Waals surface area contributed by atoms with Crippen LogP contribution in [0.3, 0.4) is 0 Å². The minimum absolute atomic E-state index is 0.230. The van der Waals surface area contributed by atoms with E-state index in [2.05, 4.69) is 44.5 Å². The van der Waals surface area contributed by atoms with Crippen molar-refractivity contribution in [2.75, 3.05) is 0 Å². The van der Waals surface area contributed by atoms with Crippen LogP contribution in [-0.2, 0) is 0 Å². The minimum atomic E-state index is -0.266. The second-order valence-electron chi connectivity index (χ2n) is 7.05. The summed E-state index contributed by atoms with van der Waals surface area (Å²) in [5, 5.41) is 18.7. The maximum atomic E-state index is 12.9. The number of hydrogen-bond donors (Lipinski definition) is 2. The molecule has 4 rings (SSSR count). The molecule has 8 nitrogen and oxygen atoms in total. The van der Waals surface area contributed by atoms with Crippen LogP contribution in [0, 0.1) is 5.92 Å². The number of aromatic nitrogens is 6. The fraction of sp³-hybridized carbons (Fsp3) is 0.250. The van der Waals surface area contributed by atoms with Crippen LogP contribution >= 0.6 is 0 Å². The largest absolute Gasteiger partial charge is 0.341 e. The maximum absolute atomic E-state index is 12.9. The van der Waals surface area contributed by atoms with Gasteiger partial charge in [0.25, 0.3) is 5.91 Å². The lowest BCUT2D eigenvalue weighted by Gasteiger charge is -2.18. The Hall–Kier alpha value is -3.55. The number of pyridine rings is 2. The summed E-state index contributed by atoms with van der Waals surface area (Å²) >= 11 is 0. The number of amides is 1. The van der Waals surface area contributed by atoms with Gasteiger partial charge < -0.3 is 5.32 Å². The lowest BCUT2D eigenvalue weighted by atomic mass is 10.0. The molecule has 1 amide bonds. The van der Waals surface area contributed by atoms with E-state index in [0.29, 0.717) is 23.1 Å². The predicted octanol–water partition coefficient (Wildman–Crippen LogP) is 3.03. The molecule has 0 radical (unpaired) electrons. The predicted molar refractivity (Wildman–Crippen MR) is 104 cm³/mol. The van der Waals surface area contributed by atoms with E-state index in [1.807, 2.05) is 40.9 Å². The number of nitrogens with one attached hydrogen (secondary N) is 2. The van der Waals surface area contributed by atoms with Crippen molar-refractivity contribution in [3.8, 4) is 11.3 Å². The highest BCUT2D eigenvalue weighted by Crippen LogP contribution is 2.22. The Morgan fingerprint density at radius 1 is 1.18 bits per heavy atom. The van der Waals surface area contributed by atoms with Crippen molar-refractivity contribution < 1.29 is 4.79 Å². The first-order valence-corrected chi connectivity index (χ1v) is 9.18. The summed E-state index contributed by atoms with van der Waals surface area (Å²) in [4.78, 5) is 16.9. The first-order valence-electron chi connectivity index (χ1n) is 9.18. The second kappa shape index (κ2) is 7.59. The topological polar surface area (TPSA) is 101 Å². The maximum Gasteiger partial charge on any atom is 0.269 e. The van der Waals surface area contributed by atoms with Crippen molar-refractivity contribution in [2.24, 2.45) is 5.92 Å². The number of hydrogen-bond acceptors (Lipinski definition) is 5. The van der Waals surface area contributed by atoms with Crippen LogP contribution in [0.1, 0.15) is 42.6 Å². The van der Waals surface area contributed by atoms with Gasteiger partial charge in [0.2, 0.25) is 0 Å². The zero-order valence-electron chi connectivity index (χ0n) is 15.7. The van der Waals surface area contributed by atoms with E-state index in [1.165, 1.54) is 0 Å². The Labute approximate surface area is 162 Å². The smallest absolute Gasteiger partial charge is 0.269 e. The van der Waals surface area contributed by atoms with Gasteiger partial charge in [-0.1, -0.05) is 19.9 Å². The summed E-state index contributed by atoms with van der Waals surface area (Å²) in [6.07, 6.45) is 6.03. The molecule has 0 aliphatic carbocycles. The molecule has 4 heterocycles. The van der Waals surface area contributed by atoms with E-state index in [9.17, 15) is 4.79 Å². The number of H-pyrrole nitrogens is 1. The van der Waals surface area contributed by atoms with Crippen LogP contribution in [0.15, 0.2) is 55.0 Å². The zero-order valence-corrected chi connectivity index (χ0v) is 15.7. The van der Waals surface area contributed by atoms with Crippen molar-refractivity contribution in [2.45, 2.75) is 26.3 Å². The molecule has 0 aliphatic heterocycles. The van der Waals surface area contributed by atoms with Crippen molar-refractivity contribution in [3.05, 3.63) is 66.5 Å². The number of carbonyl (C=O) groups excluding carboxylic acids is 1. The molecule has 0 saturated carbocycles. The third-order valence-corrected chi connectivity index (χ3v) is 4.46. The molecular formula is C20H21N7O. The summed E-state index contributed by atoms with van der Waals surface area (Å²) in [7, 11) is 0. The number of rotatable bonds is 6. The highest BCUT2D eigenvalue weighted by atomic mass is 16.2. The molecule has 0 saturated heterocycles. The highest BCUT2D eigenvalue weighted by molar-refractivity contribution is 5.93. The molecule has 1 atom stereocenters. The first kappa shape index (κ1) is 17.8. The minimum Gasteiger partial charge on any atom is -0.341 e. The Morgan fingerprint density at radius 3 is 2.79 bits per heavy atom. The average Bonchev–Trinajstić information content (AvgIpc) is 3.35. The Morgan fingerprint density at radius 2 is 2.00 bits per heavy atom. The fourth-order valence-electron chi connectivity index (χ4n) is 3.14. The van der Waals surface area contributed by atoms with E-state index in [-0.39, 0.29) is 11.9 Å². The van der Waals surface area contributed by atoms with Gasteiger partial charge in [0.1, 0.15) is 5.69 Å². The fourth-order valence-corrected chi connectivity index (χ4v) is 3.14.